The van der Waals surface area contributed by atoms with Crippen molar-refractivity contribution in [2.45, 2.75) is 6.18 Å². The van der Waals surface area contributed by atoms with Crippen molar-refractivity contribution in [3.63, 3.8) is 0 Å². The molecule has 1 aromatic carbocycles. The second-order valence-corrected chi connectivity index (χ2v) is 5.06. The summed E-state index contributed by atoms with van der Waals surface area (Å²) in [6, 6.07) is 3.81. The minimum atomic E-state index is -4.69. The molecule has 1 N–H and O–H groups in total. The number of hydrogen-bond acceptors (Lipinski definition) is 2. The van der Waals surface area contributed by atoms with E-state index in [2.05, 4.69) is 15.9 Å². The number of carboxylic acid groups (broad SMARTS) is 1. The summed E-state index contributed by atoms with van der Waals surface area (Å²) < 4.78 is 37.5. The van der Waals surface area contributed by atoms with Crippen LogP contribution in [0.5, 0.6) is 0 Å². The average Bonchev–Trinajstić information content (AvgIpc) is 2.28. The van der Waals surface area contributed by atoms with Gasteiger partial charge >= 0.3 is 12.1 Å². The van der Waals surface area contributed by atoms with Crippen molar-refractivity contribution in [3.8, 4) is 0 Å². The molecule has 0 atom stereocenters. The van der Waals surface area contributed by atoms with Crippen LogP contribution >= 0.6 is 27.5 Å². The van der Waals surface area contributed by atoms with Crippen LogP contribution in [0.2, 0.25) is 5.02 Å². The Hall–Kier alpha value is -1.28. The Labute approximate surface area is 125 Å². The SMILES string of the molecule is O=C(O)CN(CC(F)(F)F)C(=O)c1ccc(Br)c(Cl)c1. The third-order valence-corrected chi connectivity index (χ3v) is 3.38. The van der Waals surface area contributed by atoms with Crippen molar-refractivity contribution in [2.24, 2.45) is 0 Å². The van der Waals surface area contributed by atoms with Crippen molar-refractivity contribution < 1.29 is 27.9 Å². The molecular formula is C11H8BrClF3NO3. The Morgan fingerprint density at radius 2 is 1.95 bits per heavy atom. The molecule has 110 valence electrons. The maximum atomic E-state index is 12.4. The van der Waals surface area contributed by atoms with E-state index in [0.717, 1.165) is 0 Å². The van der Waals surface area contributed by atoms with Crippen LogP contribution in [0.3, 0.4) is 0 Å². The summed E-state index contributed by atoms with van der Waals surface area (Å²) >= 11 is 8.82. The van der Waals surface area contributed by atoms with Crippen LogP contribution in [0, 0.1) is 0 Å². The van der Waals surface area contributed by atoms with Gasteiger partial charge in [-0.2, -0.15) is 13.2 Å². The lowest BCUT2D eigenvalue weighted by Gasteiger charge is -2.22. The molecule has 0 saturated heterocycles. The number of halogens is 5. The predicted octanol–water partition coefficient (Wildman–Crippen LogP) is 3.19. The highest BCUT2D eigenvalue weighted by Crippen LogP contribution is 2.24. The topological polar surface area (TPSA) is 57.6 Å². The van der Waals surface area contributed by atoms with Gasteiger partial charge in [-0.15, -0.1) is 0 Å². The van der Waals surface area contributed by atoms with Crippen LogP contribution in [-0.2, 0) is 4.79 Å². The average molecular weight is 375 g/mol. The lowest BCUT2D eigenvalue weighted by molar-refractivity contribution is -0.149. The number of alkyl halides is 3. The van der Waals surface area contributed by atoms with Gasteiger partial charge in [-0.1, -0.05) is 11.6 Å². The number of aliphatic carboxylic acids is 1. The standard InChI is InChI=1S/C11H8BrClF3NO3/c12-7-2-1-6(3-8(7)13)10(20)17(4-9(18)19)5-11(14,15)16/h1-3H,4-5H2,(H,18,19). The van der Waals surface area contributed by atoms with Crippen LogP contribution in [-0.4, -0.2) is 41.1 Å². The Morgan fingerprint density at radius 1 is 1.35 bits per heavy atom. The molecule has 0 aromatic heterocycles. The zero-order valence-electron chi connectivity index (χ0n) is 9.75. The third-order valence-electron chi connectivity index (χ3n) is 2.15. The summed E-state index contributed by atoms with van der Waals surface area (Å²) in [6.45, 7) is -2.70. The smallest absolute Gasteiger partial charge is 0.406 e. The van der Waals surface area contributed by atoms with Gasteiger partial charge in [-0.25, -0.2) is 0 Å². The molecule has 0 radical (unpaired) electrons. The molecule has 0 bridgehead atoms. The number of hydrogen-bond donors (Lipinski definition) is 1. The number of rotatable bonds is 4. The fourth-order valence-electron chi connectivity index (χ4n) is 1.39. The normalized spacial score (nSPS) is 11.2. The molecule has 1 aromatic rings. The highest BCUT2D eigenvalue weighted by molar-refractivity contribution is 9.10. The van der Waals surface area contributed by atoms with E-state index in [0.29, 0.717) is 4.47 Å². The van der Waals surface area contributed by atoms with Gasteiger partial charge < -0.3 is 10.0 Å². The molecule has 0 heterocycles. The number of benzene rings is 1. The lowest BCUT2D eigenvalue weighted by atomic mass is 10.2. The molecule has 0 aliphatic carbocycles. The summed E-state index contributed by atoms with van der Waals surface area (Å²) in [7, 11) is 0. The van der Waals surface area contributed by atoms with Crippen LogP contribution in [0.4, 0.5) is 13.2 Å². The van der Waals surface area contributed by atoms with Crippen molar-refractivity contribution in [1.29, 1.82) is 0 Å². The van der Waals surface area contributed by atoms with Crippen LogP contribution < -0.4 is 0 Å². The Balaban J connectivity index is 3.02. The molecule has 0 aliphatic rings. The highest BCUT2D eigenvalue weighted by atomic mass is 79.9. The molecule has 20 heavy (non-hydrogen) atoms. The minimum Gasteiger partial charge on any atom is -0.480 e. The van der Waals surface area contributed by atoms with Gasteiger partial charge in [0.15, 0.2) is 0 Å². The largest absolute Gasteiger partial charge is 0.480 e. The first-order valence-corrected chi connectivity index (χ1v) is 6.30. The maximum absolute atomic E-state index is 12.4. The molecule has 0 saturated carbocycles. The van der Waals surface area contributed by atoms with Crippen molar-refractivity contribution in [2.75, 3.05) is 13.1 Å². The monoisotopic (exact) mass is 373 g/mol. The van der Waals surface area contributed by atoms with Crippen LogP contribution in [0.15, 0.2) is 22.7 Å². The van der Waals surface area contributed by atoms with Crippen molar-refractivity contribution in [3.05, 3.63) is 33.3 Å². The summed E-state index contributed by atoms with van der Waals surface area (Å²) in [4.78, 5) is 22.7. The van der Waals surface area contributed by atoms with Gasteiger partial charge in [0, 0.05) is 10.0 Å². The summed E-state index contributed by atoms with van der Waals surface area (Å²) in [5, 5.41) is 8.72. The van der Waals surface area contributed by atoms with Crippen molar-refractivity contribution in [1.82, 2.24) is 4.90 Å². The van der Waals surface area contributed by atoms with Gasteiger partial charge in [0.05, 0.1) is 5.02 Å². The fourth-order valence-corrected chi connectivity index (χ4v) is 1.82. The molecule has 0 fully saturated rings. The third kappa shape index (κ3) is 5.01. The zero-order chi connectivity index (χ0) is 15.5. The zero-order valence-corrected chi connectivity index (χ0v) is 12.1. The van der Waals surface area contributed by atoms with E-state index in [-0.39, 0.29) is 15.5 Å². The predicted molar refractivity (Wildman–Crippen MR) is 68.7 cm³/mol. The molecule has 0 spiro atoms. The summed E-state index contributed by atoms with van der Waals surface area (Å²) in [5.41, 5.74) is -0.122. The van der Waals surface area contributed by atoms with Gasteiger partial charge in [0.1, 0.15) is 13.1 Å². The van der Waals surface area contributed by atoms with E-state index in [1.807, 2.05) is 0 Å². The number of carbonyl (C=O) groups excluding carboxylic acids is 1. The molecule has 1 amide bonds. The van der Waals surface area contributed by atoms with E-state index in [1.165, 1.54) is 18.2 Å². The quantitative estimate of drug-likeness (QED) is 0.880. The second kappa shape index (κ2) is 6.45. The van der Waals surface area contributed by atoms with E-state index in [9.17, 15) is 22.8 Å². The molecular weight excluding hydrogens is 366 g/mol. The van der Waals surface area contributed by atoms with Gasteiger partial charge in [-0.3, -0.25) is 9.59 Å². The second-order valence-electron chi connectivity index (χ2n) is 3.80. The van der Waals surface area contributed by atoms with E-state index < -0.39 is 31.1 Å². The van der Waals surface area contributed by atoms with Gasteiger partial charge in [0.25, 0.3) is 5.91 Å². The van der Waals surface area contributed by atoms with E-state index in [1.54, 1.807) is 0 Å². The summed E-state index contributed by atoms with van der Waals surface area (Å²) in [6.07, 6.45) is -4.69. The Bertz CT molecular complexity index is 536. The van der Waals surface area contributed by atoms with Crippen LogP contribution in [0.25, 0.3) is 0 Å². The van der Waals surface area contributed by atoms with E-state index in [4.69, 9.17) is 16.7 Å². The summed E-state index contributed by atoms with van der Waals surface area (Å²) in [5.74, 6) is -2.59. The lowest BCUT2D eigenvalue weighted by Crippen LogP contribution is -2.42. The van der Waals surface area contributed by atoms with E-state index >= 15 is 0 Å². The number of carbonyl (C=O) groups is 2. The fraction of sp³-hybridized carbons (Fsp3) is 0.273. The molecule has 4 nitrogen and oxygen atoms in total. The first kappa shape index (κ1) is 16.8. The highest BCUT2D eigenvalue weighted by Gasteiger charge is 2.34. The van der Waals surface area contributed by atoms with Gasteiger partial charge in [0.2, 0.25) is 0 Å². The van der Waals surface area contributed by atoms with Gasteiger partial charge in [-0.05, 0) is 34.1 Å². The van der Waals surface area contributed by atoms with Crippen molar-refractivity contribution >= 4 is 39.4 Å². The Morgan fingerprint density at radius 3 is 2.40 bits per heavy atom. The minimum absolute atomic E-state index is 0.122. The molecule has 0 unspecified atom stereocenters. The molecule has 0 aliphatic heterocycles. The number of nitrogens with zero attached hydrogens (tertiary/aromatic N) is 1. The maximum Gasteiger partial charge on any atom is 0.406 e. The number of amides is 1. The Kier molecular flexibility index (Phi) is 5.41. The molecule has 9 heteroatoms. The first-order valence-electron chi connectivity index (χ1n) is 5.13. The first-order chi connectivity index (χ1) is 9.10. The number of carboxylic acids is 1. The van der Waals surface area contributed by atoms with Crippen LogP contribution in [0.1, 0.15) is 10.4 Å². The molecule has 1 rings (SSSR count).